The van der Waals surface area contributed by atoms with E-state index in [4.69, 9.17) is 21.3 Å². The highest BCUT2D eigenvalue weighted by atomic mass is 35.5. The van der Waals surface area contributed by atoms with Crippen LogP contribution in [0.15, 0.2) is 72.1 Å². The van der Waals surface area contributed by atoms with Crippen LogP contribution in [0.1, 0.15) is 24.0 Å². The van der Waals surface area contributed by atoms with Crippen molar-refractivity contribution in [1.82, 2.24) is 4.98 Å². The number of nitrogens with zero attached hydrogens (tertiary/aromatic N) is 2. The van der Waals surface area contributed by atoms with Gasteiger partial charge in [-0.15, -0.1) is 11.3 Å². The van der Waals surface area contributed by atoms with Gasteiger partial charge in [0.15, 0.2) is 5.13 Å². The molecule has 7 heteroatoms. The van der Waals surface area contributed by atoms with E-state index in [0.29, 0.717) is 32.5 Å². The molecule has 0 saturated carbocycles. The summed E-state index contributed by atoms with van der Waals surface area (Å²) in [5.41, 5.74) is 6.41. The Kier molecular flexibility index (Phi) is 7.25. The van der Waals surface area contributed by atoms with E-state index in [1.165, 1.54) is 5.56 Å². The maximum absolute atomic E-state index is 11.3. The lowest BCUT2D eigenvalue weighted by Crippen LogP contribution is -2.36. The van der Waals surface area contributed by atoms with Gasteiger partial charge in [-0.1, -0.05) is 54.1 Å². The molecule has 3 aromatic carbocycles. The largest absolute Gasteiger partial charge is 0.488 e. The van der Waals surface area contributed by atoms with Crippen molar-refractivity contribution < 1.29 is 14.6 Å². The minimum Gasteiger partial charge on any atom is -0.488 e. The number of halogens is 1. The SMILES string of the molecule is Cc1cc(-c2ccc(Cl)cc2)ccc1COc1ccccc1-c1csc(N2CCC(C(=O)O)CC2)n1. The smallest absolute Gasteiger partial charge is 0.306 e. The lowest BCUT2D eigenvalue weighted by atomic mass is 9.97. The van der Waals surface area contributed by atoms with Crippen LogP contribution in [0.5, 0.6) is 5.75 Å². The van der Waals surface area contributed by atoms with Crippen molar-refractivity contribution in [3.8, 4) is 28.1 Å². The Hall–Kier alpha value is -3.35. The number of aliphatic carboxylic acids is 1. The molecule has 5 nitrogen and oxygen atoms in total. The third-order valence-electron chi connectivity index (χ3n) is 6.67. The Morgan fingerprint density at radius 2 is 1.81 bits per heavy atom. The maximum Gasteiger partial charge on any atom is 0.306 e. The first kappa shape index (κ1) is 24.3. The lowest BCUT2D eigenvalue weighted by Gasteiger charge is -2.29. The molecular formula is C29H27ClN2O3S. The molecule has 0 unspecified atom stereocenters. The molecule has 0 aliphatic carbocycles. The van der Waals surface area contributed by atoms with Gasteiger partial charge in [0.1, 0.15) is 12.4 Å². The average molecular weight is 519 g/mol. The molecule has 1 aliphatic heterocycles. The topological polar surface area (TPSA) is 62.7 Å². The summed E-state index contributed by atoms with van der Waals surface area (Å²) in [6.45, 7) is 3.99. The van der Waals surface area contributed by atoms with E-state index in [1.54, 1.807) is 11.3 Å². The number of para-hydroxylation sites is 1. The van der Waals surface area contributed by atoms with E-state index in [1.807, 2.05) is 53.9 Å². The molecule has 0 amide bonds. The third kappa shape index (κ3) is 5.40. The molecule has 36 heavy (non-hydrogen) atoms. The molecule has 1 aliphatic rings. The molecule has 1 saturated heterocycles. The predicted octanol–water partition coefficient (Wildman–Crippen LogP) is 7.32. The first-order chi connectivity index (χ1) is 17.5. The fraction of sp³-hybridized carbons (Fsp3) is 0.241. The van der Waals surface area contributed by atoms with Gasteiger partial charge in [0, 0.05) is 29.1 Å². The number of aromatic nitrogens is 1. The van der Waals surface area contributed by atoms with Crippen molar-refractivity contribution in [2.45, 2.75) is 26.4 Å². The highest BCUT2D eigenvalue weighted by molar-refractivity contribution is 7.14. The summed E-state index contributed by atoms with van der Waals surface area (Å²) < 4.78 is 6.28. The van der Waals surface area contributed by atoms with E-state index in [0.717, 1.165) is 43.9 Å². The minimum absolute atomic E-state index is 0.251. The number of carbonyl (C=O) groups is 1. The molecule has 4 aromatic rings. The molecule has 5 rings (SSSR count). The molecule has 0 spiro atoms. The van der Waals surface area contributed by atoms with Crippen LogP contribution >= 0.6 is 22.9 Å². The number of anilines is 1. The Bertz CT molecular complexity index is 1360. The summed E-state index contributed by atoms with van der Waals surface area (Å²) in [5.74, 6) is -0.158. The number of aryl methyl sites for hydroxylation is 1. The second kappa shape index (κ2) is 10.7. The van der Waals surface area contributed by atoms with Gasteiger partial charge in [-0.2, -0.15) is 0 Å². The summed E-state index contributed by atoms with van der Waals surface area (Å²) in [6, 6.07) is 22.2. The zero-order valence-corrected chi connectivity index (χ0v) is 21.6. The quantitative estimate of drug-likeness (QED) is 0.278. The lowest BCUT2D eigenvalue weighted by molar-refractivity contribution is -0.142. The van der Waals surface area contributed by atoms with Gasteiger partial charge >= 0.3 is 5.97 Å². The number of hydrogen-bond acceptors (Lipinski definition) is 5. The van der Waals surface area contributed by atoms with Crippen molar-refractivity contribution in [2.24, 2.45) is 5.92 Å². The second-order valence-corrected chi connectivity index (χ2v) is 10.3. The van der Waals surface area contributed by atoms with E-state index in [2.05, 4.69) is 30.0 Å². The maximum atomic E-state index is 11.3. The number of thiazole rings is 1. The number of carboxylic acid groups (broad SMARTS) is 1. The van der Waals surface area contributed by atoms with Gasteiger partial charge in [0.05, 0.1) is 11.6 Å². The van der Waals surface area contributed by atoms with Crippen LogP contribution < -0.4 is 9.64 Å². The molecular weight excluding hydrogens is 492 g/mol. The van der Waals surface area contributed by atoms with Gasteiger partial charge in [0.25, 0.3) is 0 Å². The summed E-state index contributed by atoms with van der Waals surface area (Å²) in [6.07, 6.45) is 1.31. The minimum atomic E-state index is -0.699. The molecule has 1 fully saturated rings. The van der Waals surface area contributed by atoms with Crippen LogP contribution in [0.3, 0.4) is 0 Å². The van der Waals surface area contributed by atoms with Crippen LogP contribution in [-0.2, 0) is 11.4 Å². The number of benzene rings is 3. The number of hydrogen-bond donors (Lipinski definition) is 1. The summed E-state index contributed by atoms with van der Waals surface area (Å²) in [7, 11) is 0. The zero-order chi connectivity index (χ0) is 25.1. The predicted molar refractivity (Wildman–Crippen MR) is 146 cm³/mol. The highest BCUT2D eigenvalue weighted by Gasteiger charge is 2.26. The Morgan fingerprint density at radius 3 is 2.53 bits per heavy atom. The second-order valence-electron chi connectivity index (χ2n) is 9.05. The standard InChI is InChI=1S/C29H27ClN2O3S/c1-19-16-22(20-8-10-24(30)11-9-20)6-7-23(19)17-35-27-5-3-2-4-25(27)26-18-36-29(31-26)32-14-12-21(13-15-32)28(33)34/h2-11,16,18,21H,12-15,17H2,1H3,(H,33,34). The zero-order valence-electron chi connectivity index (χ0n) is 20.0. The Morgan fingerprint density at radius 1 is 1.08 bits per heavy atom. The Labute approximate surface area is 220 Å². The fourth-order valence-corrected chi connectivity index (χ4v) is 5.50. The monoisotopic (exact) mass is 518 g/mol. The normalized spacial score (nSPS) is 14.1. The van der Waals surface area contributed by atoms with Crippen molar-refractivity contribution in [2.75, 3.05) is 18.0 Å². The Balaban J connectivity index is 1.28. The number of carboxylic acids is 1. The highest BCUT2D eigenvalue weighted by Crippen LogP contribution is 2.35. The van der Waals surface area contributed by atoms with Gasteiger partial charge in [-0.25, -0.2) is 4.98 Å². The molecule has 0 bridgehead atoms. The van der Waals surface area contributed by atoms with Crippen LogP contribution in [-0.4, -0.2) is 29.1 Å². The van der Waals surface area contributed by atoms with E-state index in [-0.39, 0.29) is 5.92 Å². The van der Waals surface area contributed by atoms with Crippen LogP contribution in [0, 0.1) is 12.8 Å². The first-order valence-electron chi connectivity index (χ1n) is 12.0. The van der Waals surface area contributed by atoms with Gasteiger partial charge in [-0.05, 0) is 66.3 Å². The van der Waals surface area contributed by atoms with Crippen molar-refractivity contribution in [3.63, 3.8) is 0 Å². The molecule has 2 heterocycles. The number of piperidine rings is 1. The van der Waals surface area contributed by atoms with Crippen LogP contribution in [0.2, 0.25) is 5.02 Å². The van der Waals surface area contributed by atoms with Crippen LogP contribution in [0.25, 0.3) is 22.4 Å². The van der Waals surface area contributed by atoms with Crippen molar-refractivity contribution in [3.05, 3.63) is 88.3 Å². The first-order valence-corrected chi connectivity index (χ1v) is 13.2. The van der Waals surface area contributed by atoms with Gasteiger partial charge in [0.2, 0.25) is 0 Å². The molecule has 1 aromatic heterocycles. The summed E-state index contributed by atoms with van der Waals surface area (Å²) in [4.78, 5) is 18.3. The van der Waals surface area contributed by atoms with Crippen molar-refractivity contribution in [1.29, 1.82) is 0 Å². The van der Waals surface area contributed by atoms with Crippen molar-refractivity contribution >= 4 is 34.0 Å². The van der Waals surface area contributed by atoms with Crippen LogP contribution in [0.4, 0.5) is 5.13 Å². The van der Waals surface area contributed by atoms with Gasteiger partial charge in [-0.3, -0.25) is 4.79 Å². The molecule has 0 radical (unpaired) electrons. The average Bonchev–Trinajstić information content (AvgIpc) is 3.39. The van der Waals surface area contributed by atoms with E-state index in [9.17, 15) is 9.90 Å². The van der Waals surface area contributed by atoms with Gasteiger partial charge < -0.3 is 14.7 Å². The van der Waals surface area contributed by atoms with E-state index < -0.39 is 5.97 Å². The summed E-state index contributed by atoms with van der Waals surface area (Å²) >= 11 is 7.62. The molecule has 184 valence electrons. The number of ether oxygens (including phenoxy) is 1. The van der Waals surface area contributed by atoms with E-state index >= 15 is 0 Å². The third-order valence-corrected chi connectivity index (χ3v) is 7.83. The molecule has 1 N–H and O–H groups in total. The fourth-order valence-electron chi connectivity index (χ4n) is 4.49. The summed E-state index contributed by atoms with van der Waals surface area (Å²) in [5, 5.41) is 13.0. The molecule has 0 atom stereocenters. The number of rotatable bonds is 7.